The van der Waals surface area contributed by atoms with Crippen molar-refractivity contribution in [3.8, 4) is 0 Å². The van der Waals surface area contributed by atoms with Crippen LogP contribution in [0.4, 0.5) is 0 Å². The first-order valence-corrected chi connectivity index (χ1v) is 20.8. The van der Waals surface area contributed by atoms with E-state index < -0.39 is 32.7 Å². The van der Waals surface area contributed by atoms with Gasteiger partial charge in [0.15, 0.2) is 0 Å². The SMILES string of the molecule is CCCCCCCCCCCCCCCC(=O)N[C@@H](COP(=O)([O-])OCC[NH3+])[C@H](O)[C@H](O)CCCCCCCCCCCCCC. The molecular formula is C36H75N2O7P. The van der Waals surface area contributed by atoms with Gasteiger partial charge in [-0.25, -0.2) is 0 Å². The molecule has 0 saturated carbocycles. The highest BCUT2D eigenvalue weighted by atomic mass is 31.2. The summed E-state index contributed by atoms with van der Waals surface area (Å²) in [5.74, 6) is -0.285. The van der Waals surface area contributed by atoms with Crippen LogP contribution in [-0.2, 0) is 18.4 Å². The summed E-state index contributed by atoms with van der Waals surface area (Å²) in [6.07, 6.45) is 28.4. The highest BCUT2D eigenvalue weighted by molar-refractivity contribution is 7.45. The molecule has 0 saturated heterocycles. The molecule has 0 spiro atoms. The van der Waals surface area contributed by atoms with E-state index >= 15 is 0 Å². The second kappa shape index (κ2) is 33.0. The van der Waals surface area contributed by atoms with Gasteiger partial charge in [-0.05, 0) is 12.8 Å². The van der Waals surface area contributed by atoms with Gasteiger partial charge in [-0.1, -0.05) is 168 Å². The molecule has 0 aromatic heterocycles. The molecule has 0 fully saturated rings. The van der Waals surface area contributed by atoms with E-state index in [1.165, 1.54) is 122 Å². The molecule has 0 aromatic carbocycles. The van der Waals surface area contributed by atoms with Crippen LogP contribution in [0.2, 0.25) is 0 Å². The summed E-state index contributed by atoms with van der Waals surface area (Å²) in [4.78, 5) is 24.8. The Balaban J connectivity index is 4.37. The zero-order valence-corrected chi connectivity index (χ0v) is 30.9. The van der Waals surface area contributed by atoms with Crippen LogP contribution in [0.25, 0.3) is 0 Å². The summed E-state index contributed by atoms with van der Waals surface area (Å²) in [7, 11) is -4.61. The summed E-state index contributed by atoms with van der Waals surface area (Å²) in [5.41, 5.74) is 3.55. The van der Waals surface area contributed by atoms with Gasteiger partial charge in [0.05, 0.1) is 25.3 Å². The molecule has 10 heteroatoms. The number of carbonyl (C=O) groups excluding carboxylic acids is 1. The number of rotatable bonds is 36. The maximum absolute atomic E-state index is 12.7. The van der Waals surface area contributed by atoms with Gasteiger partial charge in [0, 0.05) is 6.42 Å². The van der Waals surface area contributed by atoms with E-state index in [1.54, 1.807) is 0 Å². The minimum absolute atomic E-state index is 0.110. The lowest BCUT2D eigenvalue weighted by molar-refractivity contribution is -0.373. The minimum atomic E-state index is -4.61. The van der Waals surface area contributed by atoms with Gasteiger partial charge in [-0.3, -0.25) is 9.36 Å². The molecule has 4 atom stereocenters. The Bertz CT molecular complexity index is 716. The van der Waals surface area contributed by atoms with Crippen LogP contribution in [0.5, 0.6) is 0 Å². The van der Waals surface area contributed by atoms with E-state index in [2.05, 4.69) is 24.9 Å². The van der Waals surface area contributed by atoms with Crippen LogP contribution >= 0.6 is 7.82 Å². The lowest BCUT2D eigenvalue weighted by Crippen LogP contribution is -2.52. The summed E-state index contributed by atoms with van der Waals surface area (Å²) in [6, 6.07) is -1.06. The van der Waals surface area contributed by atoms with Crippen molar-refractivity contribution in [3.05, 3.63) is 0 Å². The molecule has 0 aliphatic carbocycles. The molecule has 1 amide bonds. The second-order valence-corrected chi connectivity index (χ2v) is 14.7. The third kappa shape index (κ3) is 29.6. The molecule has 0 rings (SSSR count). The van der Waals surface area contributed by atoms with Crippen molar-refractivity contribution >= 4 is 13.7 Å². The van der Waals surface area contributed by atoms with E-state index in [1.807, 2.05) is 0 Å². The Labute approximate surface area is 283 Å². The average molecular weight is 679 g/mol. The van der Waals surface area contributed by atoms with E-state index in [-0.39, 0.29) is 25.5 Å². The smallest absolute Gasteiger partial charge is 0.268 e. The largest absolute Gasteiger partial charge is 0.756 e. The normalized spacial score (nSPS) is 15.0. The number of aliphatic hydroxyl groups excluding tert-OH is 2. The fourth-order valence-electron chi connectivity index (χ4n) is 5.83. The Kier molecular flexibility index (Phi) is 32.6. The Morgan fingerprint density at radius 2 is 1.07 bits per heavy atom. The first-order valence-electron chi connectivity index (χ1n) is 19.3. The van der Waals surface area contributed by atoms with Crippen molar-refractivity contribution in [2.45, 2.75) is 205 Å². The summed E-state index contributed by atoms with van der Waals surface area (Å²) >= 11 is 0. The molecule has 1 unspecified atom stereocenters. The molecule has 0 aliphatic heterocycles. The number of phosphoric ester groups is 1. The molecule has 9 nitrogen and oxygen atoms in total. The van der Waals surface area contributed by atoms with Gasteiger partial charge in [0.25, 0.3) is 7.82 Å². The van der Waals surface area contributed by atoms with Gasteiger partial charge in [-0.15, -0.1) is 0 Å². The number of unbranched alkanes of at least 4 members (excludes halogenated alkanes) is 23. The fourth-order valence-corrected chi connectivity index (χ4v) is 6.60. The molecule has 0 aliphatic rings. The maximum atomic E-state index is 12.7. The van der Waals surface area contributed by atoms with Crippen molar-refractivity contribution in [3.63, 3.8) is 0 Å². The number of aliphatic hydroxyl groups is 2. The van der Waals surface area contributed by atoms with Crippen LogP contribution < -0.4 is 15.9 Å². The quantitative estimate of drug-likeness (QED) is 0.0395. The number of carbonyl (C=O) groups is 1. The molecule has 0 heterocycles. The zero-order valence-electron chi connectivity index (χ0n) is 30.0. The molecule has 6 N–H and O–H groups in total. The molecule has 0 bridgehead atoms. The van der Waals surface area contributed by atoms with Crippen molar-refractivity contribution < 1.29 is 39.2 Å². The molecule has 46 heavy (non-hydrogen) atoms. The van der Waals surface area contributed by atoms with Crippen LogP contribution in [0.3, 0.4) is 0 Å². The maximum Gasteiger partial charge on any atom is 0.268 e. The van der Waals surface area contributed by atoms with Gasteiger partial charge in [0.1, 0.15) is 12.7 Å². The number of phosphoric acid groups is 1. The number of nitrogens with one attached hydrogen (secondary N) is 1. The monoisotopic (exact) mass is 679 g/mol. The number of hydrogen-bond donors (Lipinski definition) is 4. The predicted molar refractivity (Wildman–Crippen MR) is 187 cm³/mol. The average Bonchev–Trinajstić information content (AvgIpc) is 3.04. The second-order valence-electron chi connectivity index (χ2n) is 13.3. The summed E-state index contributed by atoms with van der Waals surface area (Å²) in [5, 5.41) is 24.3. The molecule has 276 valence electrons. The Hall–Kier alpha value is -0.540. The van der Waals surface area contributed by atoms with Crippen molar-refractivity contribution in [1.82, 2.24) is 5.32 Å². The highest BCUT2D eigenvalue weighted by Crippen LogP contribution is 2.38. The van der Waals surface area contributed by atoms with Crippen molar-refractivity contribution in [1.29, 1.82) is 0 Å². The lowest BCUT2D eigenvalue weighted by Gasteiger charge is -2.30. The first kappa shape index (κ1) is 45.5. The third-order valence-electron chi connectivity index (χ3n) is 8.82. The van der Waals surface area contributed by atoms with Crippen molar-refractivity contribution in [2.24, 2.45) is 0 Å². The topological polar surface area (TPSA) is 156 Å². The van der Waals surface area contributed by atoms with Gasteiger partial charge in [-0.2, -0.15) is 0 Å². The van der Waals surface area contributed by atoms with Gasteiger partial charge < -0.3 is 35.2 Å². The van der Waals surface area contributed by atoms with E-state index in [4.69, 9.17) is 9.05 Å². The predicted octanol–water partition coefficient (Wildman–Crippen LogP) is 7.51. The molecular weight excluding hydrogens is 603 g/mol. The Morgan fingerprint density at radius 3 is 1.48 bits per heavy atom. The first-order chi connectivity index (χ1) is 22.3. The summed E-state index contributed by atoms with van der Waals surface area (Å²) < 4.78 is 21.8. The fraction of sp³-hybridized carbons (Fsp3) is 0.972. The van der Waals surface area contributed by atoms with E-state index in [0.29, 0.717) is 6.42 Å². The number of hydrogen-bond acceptors (Lipinski definition) is 7. The highest BCUT2D eigenvalue weighted by Gasteiger charge is 2.29. The van der Waals surface area contributed by atoms with E-state index in [9.17, 15) is 24.5 Å². The van der Waals surface area contributed by atoms with E-state index in [0.717, 1.165) is 38.5 Å². The Morgan fingerprint density at radius 1 is 0.674 bits per heavy atom. The van der Waals surface area contributed by atoms with Gasteiger partial charge >= 0.3 is 0 Å². The molecule has 0 aromatic rings. The summed E-state index contributed by atoms with van der Waals surface area (Å²) in [6.45, 7) is 4.13. The van der Waals surface area contributed by atoms with Crippen LogP contribution in [0.1, 0.15) is 187 Å². The third-order valence-corrected chi connectivity index (χ3v) is 9.78. The number of quaternary nitrogens is 1. The zero-order chi connectivity index (χ0) is 34.1. The molecule has 0 radical (unpaired) electrons. The standard InChI is InChI=1S/C36H75N2O7P/c1-3-5-7-9-11-13-15-17-19-21-23-25-27-29-35(40)38-33(32-45-46(42,43)44-31-30-37)36(41)34(39)28-26-24-22-20-18-16-14-12-10-8-6-4-2/h33-34,36,39,41H,3-32,37H2,1-2H3,(H,38,40)(H,42,43)/t33-,34+,36-/m0/s1. The van der Waals surface area contributed by atoms with Crippen LogP contribution in [0, 0.1) is 0 Å². The van der Waals surface area contributed by atoms with Crippen molar-refractivity contribution in [2.75, 3.05) is 19.8 Å². The minimum Gasteiger partial charge on any atom is -0.756 e. The van der Waals surface area contributed by atoms with Crippen LogP contribution in [0.15, 0.2) is 0 Å². The number of amides is 1. The van der Waals surface area contributed by atoms with Gasteiger partial charge in [0.2, 0.25) is 5.91 Å². The lowest BCUT2D eigenvalue weighted by atomic mass is 9.99. The van der Waals surface area contributed by atoms with Crippen LogP contribution in [-0.4, -0.2) is 54.1 Å².